The van der Waals surface area contributed by atoms with Crippen LogP contribution in [0.1, 0.15) is 21.2 Å². The summed E-state index contributed by atoms with van der Waals surface area (Å²) in [5, 5.41) is 0. The van der Waals surface area contributed by atoms with Crippen molar-refractivity contribution >= 4 is 28.7 Å². The molecule has 0 aromatic carbocycles. The van der Waals surface area contributed by atoms with Crippen molar-refractivity contribution in [1.82, 2.24) is 0 Å². The highest BCUT2D eigenvalue weighted by molar-refractivity contribution is 7.18. The van der Waals surface area contributed by atoms with E-state index in [1.807, 2.05) is 0 Å². The standard InChI is InChI=1S/C10H8ClNO2S/c11-9-4-3-8(15-9)10(13)7-2-1-6(5-12)14-7/h1-4H,5,12H2. The van der Waals surface area contributed by atoms with Crippen LogP contribution in [0.25, 0.3) is 0 Å². The summed E-state index contributed by atoms with van der Waals surface area (Å²) in [5.41, 5.74) is 5.38. The molecule has 0 aliphatic rings. The van der Waals surface area contributed by atoms with Gasteiger partial charge in [-0.2, -0.15) is 0 Å². The molecule has 0 spiro atoms. The molecule has 15 heavy (non-hydrogen) atoms. The predicted octanol–water partition coefficient (Wildman–Crippen LogP) is 2.68. The minimum Gasteiger partial charge on any atom is -0.456 e. The molecule has 2 N–H and O–H groups in total. The fourth-order valence-electron chi connectivity index (χ4n) is 1.17. The fraction of sp³-hybridized carbons (Fsp3) is 0.100. The van der Waals surface area contributed by atoms with Gasteiger partial charge < -0.3 is 10.2 Å². The van der Waals surface area contributed by atoms with Gasteiger partial charge in [0.05, 0.1) is 15.8 Å². The van der Waals surface area contributed by atoms with Gasteiger partial charge in [0.1, 0.15) is 5.76 Å². The number of ketones is 1. The molecule has 0 radical (unpaired) electrons. The molecule has 0 unspecified atom stereocenters. The van der Waals surface area contributed by atoms with Gasteiger partial charge >= 0.3 is 0 Å². The van der Waals surface area contributed by atoms with Crippen molar-refractivity contribution < 1.29 is 9.21 Å². The second-order valence-corrected chi connectivity index (χ2v) is 4.62. The summed E-state index contributed by atoms with van der Waals surface area (Å²) in [4.78, 5) is 12.4. The first-order valence-corrected chi connectivity index (χ1v) is 5.49. The highest BCUT2D eigenvalue weighted by atomic mass is 35.5. The molecule has 0 amide bonds. The average molecular weight is 242 g/mol. The SMILES string of the molecule is NCc1ccc(C(=O)c2ccc(Cl)s2)o1. The summed E-state index contributed by atoms with van der Waals surface area (Å²) in [6.45, 7) is 0.290. The number of carbonyl (C=O) groups excluding carboxylic acids is 1. The third-order valence-electron chi connectivity index (χ3n) is 1.88. The lowest BCUT2D eigenvalue weighted by molar-refractivity contribution is 0.101. The van der Waals surface area contributed by atoms with E-state index in [2.05, 4.69) is 0 Å². The lowest BCUT2D eigenvalue weighted by Gasteiger charge is -1.92. The Labute approximate surface area is 95.5 Å². The van der Waals surface area contributed by atoms with Gasteiger partial charge in [0.2, 0.25) is 5.78 Å². The molecule has 0 saturated carbocycles. The molecule has 78 valence electrons. The Balaban J connectivity index is 2.28. The maximum absolute atomic E-state index is 11.8. The Bertz CT molecular complexity index is 489. The van der Waals surface area contributed by atoms with Crippen LogP contribution >= 0.6 is 22.9 Å². The molecule has 2 rings (SSSR count). The van der Waals surface area contributed by atoms with Gasteiger partial charge in [-0.3, -0.25) is 4.79 Å². The minimum atomic E-state index is -0.161. The third kappa shape index (κ3) is 2.12. The number of thiophene rings is 1. The average Bonchev–Trinajstić information content (AvgIpc) is 2.84. The maximum atomic E-state index is 11.8. The normalized spacial score (nSPS) is 10.5. The smallest absolute Gasteiger partial charge is 0.238 e. The Morgan fingerprint density at radius 3 is 2.73 bits per heavy atom. The van der Waals surface area contributed by atoms with Crippen molar-refractivity contribution in [1.29, 1.82) is 0 Å². The van der Waals surface area contributed by atoms with Crippen LogP contribution in [0.5, 0.6) is 0 Å². The van der Waals surface area contributed by atoms with Gasteiger partial charge in [0.15, 0.2) is 5.76 Å². The molecule has 0 atom stereocenters. The molecule has 2 aromatic heterocycles. The van der Waals surface area contributed by atoms with Gasteiger partial charge in [-0.25, -0.2) is 0 Å². The first-order valence-electron chi connectivity index (χ1n) is 4.29. The van der Waals surface area contributed by atoms with Gasteiger partial charge in [0.25, 0.3) is 0 Å². The second-order valence-electron chi connectivity index (χ2n) is 2.90. The van der Waals surface area contributed by atoms with Crippen LogP contribution in [0.4, 0.5) is 0 Å². The van der Waals surface area contributed by atoms with E-state index in [1.54, 1.807) is 24.3 Å². The minimum absolute atomic E-state index is 0.161. The van der Waals surface area contributed by atoms with E-state index in [4.69, 9.17) is 21.8 Å². The number of rotatable bonds is 3. The zero-order valence-corrected chi connectivity index (χ0v) is 9.27. The zero-order valence-electron chi connectivity index (χ0n) is 7.70. The van der Waals surface area contributed by atoms with Gasteiger partial charge in [-0.1, -0.05) is 11.6 Å². The molecule has 0 aliphatic heterocycles. The second kappa shape index (κ2) is 4.18. The van der Waals surface area contributed by atoms with Crippen molar-refractivity contribution in [2.75, 3.05) is 0 Å². The maximum Gasteiger partial charge on any atom is 0.238 e. The summed E-state index contributed by atoms with van der Waals surface area (Å²) >= 11 is 6.97. The van der Waals surface area contributed by atoms with Crippen LogP contribution in [-0.2, 0) is 6.54 Å². The number of carbonyl (C=O) groups is 1. The lowest BCUT2D eigenvalue weighted by Crippen LogP contribution is -1.97. The van der Waals surface area contributed by atoms with Crippen LogP contribution in [0.15, 0.2) is 28.7 Å². The summed E-state index contributed by atoms with van der Waals surface area (Å²) in [5.74, 6) is 0.738. The quantitative estimate of drug-likeness (QED) is 0.841. The molecule has 0 fully saturated rings. The number of hydrogen-bond acceptors (Lipinski definition) is 4. The molecule has 0 aliphatic carbocycles. The van der Waals surface area contributed by atoms with Crippen molar-refractivity contribution in [3.63, 3.8) is 0 Å². The molecule has 2 aromatic rings. The number of nitrogens with two attached hydrogens (primary N) is 1. The van der Waals surface area contributed by atoms with Crippen LogP contribution in [0, 0.1) is 0 Å². The van der Waals surface area contributed by atoms with Crippen molar-refractivity contribution in [2.24, 2.45) is 5.73 Å². The van der Waals surface area contributed by atoms with Gasteiger partial charge in [-0.05, 0) is 24.3 Å². The number of furan rings is 1. The number of hydrogen-bond donors (Lipinski definition) is 1. The highest BCUT2D eigenvalue weighted by Crippen LogP contribution is 2.24. The summed E-state index contributed by atoms with van der Waals surface area (Å²) in [6, 6.07) is 6.69. The summed E-state index contributed by atoms with van der Waals surface area (Å²) in [7, 11) is 0. The molecular formula is C10H8ClNO2S. The van der Waals surface area contributed by atoms with E-state index < -0.39 is 0 Å². The molecule has 3 nitrogen and oxygen atoms in total. The monoisotopic (exact) mass is 241 g/mol. The largest absolute Gasteiger partial charge is 0.456 e. The first kappa shape index (κ1) is 10.4. The molecule has 0 bridgehead atoms. The van der Waals surface area contributed by atoms with Crippen LogP contribution in [-0.4, -0.2) is 5.78 Å². The summed E-state index contributed by atoms with van der Waals surface area (Å²) < 4.78 is 5.83. The van der Waals surface area contributed by atoms with Crippen molar-refractivity contribution in [3.05, 3.63) is 45.0 Å². The molecule has 0 saturated heterocycles. The topological polar surface area (TPSA) is 56.2 Å². The van der Waals surface area contributed by atoms with Gasteiger partial charge in [-0.15, -0.1) is 11.3 Å². The van der Waals surface area contributed by atoms with Crippen LogP contribution in [0.3, 0.4) is 0 Å². The lowest BCUT2D eigenvalue weighted by atomic mass is 10.2. The zero-order chi connectivity index (χ0) is 10.8. The highest BCUT2D eigenvalue weighted by Gasteiger charge is 2.15. The van der Waals surface area contributed by atoms with E-state index >= 15 is 0 Å². The predicted molar refractivity (Wildman–Crippen MR) is 59.4 cm³/mol. The van der Waals surface area contributed by atoms with Crippen LogP contribution < -0.4 is 5.73 Å². The van der Waals surface area contributed by atoms with E-state index in [0.717, 1.165) is 0 Å². The Morgan fingerprint density at radius 1 is 1.40 bits per heavy atom. The Kier molecular flexibility index (Phi) is 2.90. The van der Waals surface area contributed by atoms with E-state index in [-0.39, 0.29) is 5.78 Å². The Morgan fingerprint density at radius 2 is 2.20 bits per heavy atom. The molecule has 2 heterocycles. The van der Waals surface area contributed by atoms with Gasteiger partial charge in [0, 0.05) is 0 Å². The molecular weight excluding hydrogens is 234 g/mol. The Hall–Kier alpha value is -1.10. The van der Waals surface area contributed by atoms with Crippen molar-refractivity contribution in [2.45, 2.75) is 6.54 Å². The van der Waals surface area contributed by atoms with Crippen molar-refractivity contribution in [3.8, 4) is 0 Å². The van der Waals surface area contributed by atoms with E-state index in [1.165, 1.54) is 11.3 Å². The van der Waals surface area contributed by atoms with Crippen LogP contribution in [0.2, 0.25) is 4.34 Å². The van der Waals surface area contributed by atoms with E-state index in [9.17, 15) is 4.79 Å². The molecule has 5 heteroatoms. The number of halogens is 1. The third-order valence-corrected chi connectivity index (χ3v) is 3.11. The first-order chi connectivity index (χ1) is 7.20. The fourth-order valence-corrected chi connectivity index (χ4v) is 2.16. The van der Waals surface area contributed by atoms with E-state index in [0.29, 0.717) is 27.3 Å². The summed E-state index contributed by atoms with van der Waals surface area (Å²) in [6.07, 6.45) is 0.